The number of piperazine rings is 1. The lowest BCUT2D eigenvalue weighted by Gasteiger charge is -2.34. The second kappa shape index (κ2) is 11.1. The molecule has 13 heteroatoms. The first kappa shape index (κ1) is 27.0. The molecule has 1 aromatic carbocycles. The number of nitrogens with one attached hydrogen (secondary N) is 2. The van der Waals surface area contributed by atoms with Crippen molar-refractivity contribution in [2.24, 2.45) is 5.92 Å². The summed E-state index contributed by atoms with van der Waals surface area (Å²) in [6.07, 6.45) is -7.58. The van der Waals surface area contributed by atoms with E-state index in [-0.39, 0.29) is 30.6 Å². The summed E-state index contributed by atoms with van der Waals surface area (Å²) >= 11 is 0. The number of carbonyl (C=O) groups excluding carboxylic acids is 1. The lowest BCUT2D eigenvalue weighted by molar-refractivity contribution is -0.145. The van der Waals surface area contributed by atoms with Crippen LogP contribution in [0.15, 0.2) is 30.3 Å². The van der Waals surface area contributed by atoms with Gasteiger partial charge in [0.25, 0.3) is 0 Å². The number of piperidine rings is 1. The number of alkyl halides is 6. The maximum absolute atomic E-state index is 13.6. The summed E-state index contributed by atoms with van der Waals surface area (Å²) in [5, 5.41) is 5.95. The van der Waals surface area contributed by atoms with Crippen molar-refractivity contribution < 1.29 is 31.1 Å². The highest BCUT2D eigenvalue weighted by Crippen LogP contribution is 2.32. The Morgan fingerprint density at radius 3 is 2.22 bits per heavy atom. The van der Waals surface area contributed by atoms with Gasteiger partial charge in [-0.15, -0.1) is 0 Å². The molecule has 2 aliphatic heterocycles. The summed E-state index contributed by atoms with van der Waals surface area (Å²) in [4.78, 5) is 23.8. The van der Waals surface area contributed by atoms with Gasteiger partial charge in [-0.05, 0) is 37.0 Å². The summed E-state index contributed by atoms with van der Waals surface area (Å²) in [5.74, 6) is -1.56. The van der Waals surface area contributed by atoms with E-state index in [2.05, 4.69) is 20.6 Å². The molecule has 1 amide bonds. The monoisotopic (exact) mass is 530 g/mol. The molecule has 2 aromatic rings. The fourth-order valence-electron chi connectivity index (χ4n) is 4.50. The minimum absolute atomic E-state index is 0.137. The zero-order valence-corrected chi connectivity index (χ0v) is 20.0. The fraction of sp³-hybridized carbons (Fsp3) is 0.542. The van der Waals surface area contributed by atoms with Crippen molar-refractivity contribution in [1.29, 1.82) is 0 Å². The van der Waals surface area contributed by atoms with Crippen LogP contribution in [0.25, 0.3) is 0 Å². The molecule has 3 heterocycles. The SMILES string of the molecule is O=C(NCCc1ccc(C(F)(F)F)cc1)[C@@H]1CCCN(c2cc(N3CCNCC3)nc(C(F)(F)F)n2)C1. The number of hydrogen-bond acceptors (Lipinski definition) is 6. The highest BCUT2D eigenvalue weighted by atomic mass is 19.4. The van der Waals surface area contributed by atoms with Gasteiger partial charge in [0.05, 0.1) is 11.5 Å². The van der Waals surface area contributed by atoms with Gasteiger partial charge in [-0.3, -0.25) is 4.79 Å². The molecule has 7 nitrogen and oxygen atoms in total. The van der Waals surface area contributed by atoms with Crippen molar-refractivity contribution in [3.8, 4) is 0 Å². The predicted molar refractivity (Wildman–Crippen MR) is 125 cm³/mol. The Morgan fingerprint density at radius 2 is 1.59 bits per heavy atom. The van der Waals surface area contributed by atoms with Crippen LogP contribution in [0.5, 0.6) is 0 Å². The van der Waals surface area contributed by atoms with Gasteiger partial charge < -0.3 is 20.4 Å². The number of anilines is 2. The lowest BCUT2D eigenvalue weighted by Crippen LogP contribution is -2.45. The maximum Gasteiger partial charge on any atom is 0.451 e. The molecular formula is C24H28F6N6O. The Bertz CT molecular complexity index is 1070. The number of aromatic nitrogens is 2. The highest BCUT2D eigenvalue weighted by Gasteiger charge is 2.37. The lowest BCUT2D eigenvalue weighted by atomic mass is 9.97. The number of rotatable bonds is 6. The van der Waals surface area contributed by atoms with Gasteiger partial charge in [0.1, 0.15) is 11.6 Å². The summed E-state index contributed by atoms with van der Waals surface area (Å²) in [6, 6.07) is 6.30. The van der Waals surface area contributed by atoms with Crippen molar-refractivity contribution in [1.82, 2.24) is 20.6 Å². The summed E-state index contributed by atoms with van der Waals surface area (Å²) in [7, 11) is 0. The van der Waals surface area contributed by atoms with Crippen molar-refractivity contribution in [2.75, 3.05) is 55.6 Å². The molecule has 2 N–H and O–H groups in total. The standard InChI is InChI=1S/C24H28F6N6O/c25-23(26,27)18-5-3-16(4-6-18)7-8-32-21(37)17-2-1-11-36(15-17)20-14-19(35-12-9-31-10-13-35)33-22(34-20)24(28,29)30/h3-6,14,17,31H,1-2,7-13,15H2,(H,32,37)/t17-/m1/s1. The third-order valence-corrected chi connectivity index (χ3v) is 6.50. The third-order valence-electron chi connectivity index (χ3n) is 6.50. The highest BCUT2D eigenvalue weighted by molar-refractivity contribution is 5.79. The van der Waals surface area contributed by atoms with E-state index in [1.807, 2.05) is 0 Å². The molecule has 0 saturated carbocycles. The molecule has 2 aliphatic rings. The first-order valence-electron chi connectivity index (χ1n) is 12.1. The van der Waals surface area contributed by atoms with E-state index in [0.717, 1.165) is 12.1 Å². The Hall–Kier alpha value is -3.09. The Kier molecular flexibility index (Phi) is 8.10. The van der Waals surface area contributed by atoms with E-state index < -0.39 is 29.7 Å². The van der Waals surface area contributed by atoms with E-state index in [1.54, 1.807) is 15.9 Å². The summed E-state index contributed by atoms with van der Waals surface area (Å²) in [5.41, 5.74) is -0.0826. The zero-order valence-electron chi connectivity index (χ0n) is 20.0. The van der Waals surface area contributed by atoms with E-state index in [9.17, 15) is 31.1 Å². The molecule has 0 spiro atoms. The minimum atomic E-state index is -4.70. The summed E-state index contributed by atoms with van der Waals surface area (Å²) in [6.45, 7) is 3.24. The van der Waals surface area contributed by atoms with Crippen LogP contribution >= 0.6 is 0 Å². The number of nitrogens with zero attached hydrogens (tertiary/aromatic N) is 4. The molecule has 0 bridgehead atoms. The van der Waals surface area contributed by atoms with Gasteiger partial charge >= 0.3 is 12.4 Å². The third kappa shape index (κ3) is 7.02. The summed E-state index contributed by atoms with van der Waals surface area (Å²) < 4.78 is 78.8. The van der Waals surface area contributed by atoms with E-state index in [1.165, 1.54) is 12.1 Å². The Morgan fingerprint density at radius 1 is 0.946 bits per heavy atom. The second-order valence-corrected chi connectivity index (χ2v) is 9.16. The smallest absolute Gasteiger partial charge is 0.356 e. The number of halogens is 6. The van der Waals surface area contributed by atoms with Crippen LogP contribution in [-0.2, 0) is 23.6 Å². The van der Waals surface area contributed by atoms with Gasteiger partial charge in [-0.25, -0.2) is 9.97 Å². The normalized spacial score (nSPS) is 19.1. The van der Waals surface area contributed by atoms with Crippen molar-refractivity contribution in [2.45, 2.75) is 31.6 Å². The molecule has 4 rings (SSSR count). The Labute approximate surface area is 210 Å². The maximum atomic E-state index is 13.6. The van der Waals surface area contributed by atoms with Crippen LogP contribution in [0.2, 0.25) is 0 Å². The molecule has 0 radical (unpaired) electrons. The van der Waals surface area contributed by atoms with E-state index in [0.29, 0.717) is 57.5 Å². The van der Waals surface area contributed by atoms with Crippen molar-refractivity contribution in [3.63, 3.8) is 0 Å². The molecule has 37 heavy (non-hydrogen) atoms. The minimum Gasteiger partial charge on any atom is -0.356 e. The van der Waals surface area contributed by atoms with Gasteiger partial charge in [-0.2, -0.15) is 26.3 Å². The van der Waals surface area contributed by atoms with Crippen LogP contribution in [-0.4, -0.2) is 61.7 Å². The van der Waals surface area contributed by atoms with Crippen LogP contribution in [0, 0.1) is 5.92 Å². The number of carbonyl (C=O) groups is 1. The number of benzene rings is 1. The molecule has 0 unspecified atom stereocenters. The zero-order chi connectivity index (χ0) is 26.6. The first-order valence-corrected chi connectivity index (χ1v) is 12.1. The van der Waals surface area contributed by atoms with Gasteiger partial charge in [-0.1, -0.05) is 12.1 Å². The van der Waals surface area contributed by atoms with Crippen molar-refractivity contribution in [3.05, 3.63) is 47.3 Å². The molecular weight excluding hydrogens is 502 g/mol. The molecule has 2 fully saturated rings. The quantitative estimate of drug-likeness (QED) is 0.558. The van der Waals surface area contributed by atoms with E-state index in [4.69, 9.17) is 0 Å². The van der Waals surface area contributed by atoms with Gasteiger partial charge in [0.15, 0.2) is 0 Å². The number of hydrogen-bond donors (Lipinski definition) is 2. The van der Waals surface area contributed by atoms with Crippen LogP contribution in [0.3, 0.4) is 0 Å². The van der Waals surface area contributed by atoms with Crippen LogP contribution in [0.1, 0.15) is 29.8 Å². The molecule has 1 aromatic heterocycles. The van der Waals surface area contributed by atoms with Gasteiger partial charge in [0, 0.05) is 51.9 Å². The Balaban J connectivity index is 1.39. The van der Waals surface area contributed by atoms with Crippen LogP contribution < -0.4 is 20.4 Å². The molecule has 202 valence electrons. The van der Waals surface area contributed by atoms with Gasteiger partial charge in [0.2, 0.25) is 11.7 Å². The predicted octanol–water partition coefficient (Wildman–Crippen LogP) is 3.50. The molecule has 1 atom stereocenters. The average molecular weight is 531 g/mol. The largest absolute Gasteiger partial charge is 0.451 e. The van der Waals surface area contributed by atoms with E-state index >= 15 is 0 Å². The average Bonchev–Trinajstić information content (AvgIpc) is 2.88. The van der Waals surface area contributed by atoms with Crippen LogP contribution in [0.4, 0.5) is 38.0 Å². The second-order valence-electron chi connectivity index (χ2n) is 9.16. The van der Waals surface area contributed by atoms with Crippen molar-refractivity contribution >= 4 is 17.5 Å². The molecule has 0 aliphatic carbocycles. The number of amides is 1. The fourth-order valence-corrected chi connectivity index (χ4v) is 4.50. The first-order chi connectivity index (χ1) is 17.5. The molecule has 2 saturated heterocycles. The topological polar surface area (TPSA) is 73.4 Å².